The van der Waals surface area contributed by atoms with Gasteiger partial charge in [-0.3, -0.25) is 9.88 Å². The van der Waals surface area contributed by atoms with Crippen molar-refractivity contribution in [2.45, 2.75) is 25.4 Å². The molecule has 1 unspecified atom stereocenters. The molecule has 0 saturated carbocycles. The number of nitrogens with two attached hydrogens (primary N) is 1. The van der Waals surface area contributed by atoms with E-state index in [1.165, 1.54) is 12.8 Å². The Hall–Kier alpha value is 0.0300. The van der Waals surface area contributed by atoms with Crippen LogP contribution in [-0.2, 0) is 6.54 Å². The number of aromatic nitrogens is 1. The van der Waals surface area contributed by atoms with Gasteiger partial charge in [0.2, 0.25) is 0 Å². The topological polar surface area (TPSA) is 42.1 Å². The van der Waals surface area contributed by atoms with Gasteiger partial charge in [0.05, 0.1) is 5.69 Å². The highest BCUT2D eigenvalue weighted by Crippen LogP contribution is 2.24. The zero-order valence-electron chi connectivity index (χ0n) is 9.00. The van der Waals surface area contributed by atoms with Crippen LogP contribution in [0.2, 0.25) is 0 Å². The summed E-state index contributed by atoms with van der Waals surface area (Å²) in [6.07, 6.45) is 4.30. The first-order valence-corrected chi connectivity index (χ1v) is 7.03. The van der Waals surface area contributed by atoms with Crippen LogP contribution in [0.3, 0.4) is 0 Å². The van der Waals surface area contributed by atoms with Crippen molar-refractivity contribution in [2.75, 3.05) is 13.1 Å². The molecular formula is C11H15Br2N3. The summed E-state index contributed by atoms with van der Waals surface area (Å²) in [6, 6.07) is 2.56. The van der Waals surface area contributed by atoms with Gasteiger partial charge in [0.25, 0.3) is 0 Å². The second-order valence-electron chi connectivity index (χ2n) is 4.08. The molecule has 1 fully saturated rings. The quantitative estimate of drug-likeness (QED) is 0.912. The van der Waals surface area contributed by atoms with Gasteiger partial charge in [-0.2, -0.15) is 0 Å². The fourth-order valence-corrected chi connectivity index (χ4v) is 3.23. The third-order valence-corrected chi connectivity index (χ3v) is 4.13. The minimum absolute atomic E-state index is 0.525. The average molecular weight is 349 g/mol. The van der Waals surface area contributed by atoms with E-state index in [1.54, 1.807) is 0 Å². The normalized spacial score (nSPS) is 21.6. The maximum atomic E-state index is 5.76. The lowest BCUT2D eigenvalue weighted by Crippen LogP contribution is -2.35. The molecule has 1 saturated heterocycles. The summed E-state index contributed by atoms with van der Waals surface area (Å²) in [4.78, 5) is 6.85. The van der Waals surface area contributed by atoms with Crippen LogP contribution in [0.25, 0.3) is 0 Å². The molecule has 1 aromatic rings. The maximum absolute atomic E-state index is 5.76. The Morgan fingerprint density at radius 3 is 3.00 bits per heavy atom. The van der Waals surface area contributed by atoms with E-state index >= 15 is 0 Å². The molecule has 2 rings (SSSR count). The first-order chi connectivity index (χ1) is 7.70. The van der Waals surface area contributed by atoms with Crippen LogP contribution < -0.4 is 5.73 Å². The molecule has 0 bridgehead atoms. The first kappa shape index (κ1) is 12.5. The molecule has 2 heterocycles. The number of halogens is 2. The van der Waals surface area contributed by atoms with Gasteiger partial charge in [-0.25, -0.2) is 0 Å². The molecule has 0 aromatic carbocycles. The summed E-state index contributed by atoms with van der Waals surface area (Å²) < 4.78 is 2.06. The Bertz CT molecular complexity index is 370. The van der Waals surface area contributed by atoms with Gasteiger partial charge >= 0.3 is 0 Å². The molecule has 16 heavy (non-hydrogen) atoms. The van der Waals surface area contributed by atoms with E-state index in [-0.39, 0.29) is 0 Å². The summed E-state index contributed by atoms with van der Waals surface area (Å²) in [5.41, 5.74) is 6.85. The third-order valence-electron chi connectivity index (χ3n) is 3.01. The minimum atomic E-state index is 0.525. The summed E-state index contributed by atoms with van der Waals surface area (Å²) in [6.45, 7) is 2.76. The predicted molar refractivity (Wildman–Crippen MR) is 72.1 cm³/mol. The largest absolute Gasteiger partial charge is 0.329 e. The van der Waals surface area contributed by atoms with Crippen LogP contribution in [0.5, 0.6) is 0 Å². The Labute approximate surface area is 113 Å². The number of hydrogen-bond donors (Lipinski definition) is 1. The summed E-state index contributed by atoms with van der Waals surface area (Å²) in [7, 11) is 0. The van der Waals surface area contributed by atoms with Crippen LogP contribution in [0.1, 0.15) is 18.5 Å². The lowest BCUT2D eigenvalue weighted by molar-refractivity contribution is 0.247. The molecule has 1 aliphatic rings. The van der Waals surface area contributed by atoms with Gasteiger partial charge in [-0.1, -0.05) is 0 Å². The molecule has 5 heteroatoms. The highest BCUT2D eigenvalue weighted by atomic mass is 79.9. The monoisotopic (exact) mass is 347 g/mol. The molecule has 0 radical (unpaired) electrons. The van der Waals surface area contributed by atoms with Gasteiger partial charge in [0.15, 0.2) is 0 Å². The molecule has 1 aromatic heterocycles. The number of pyridine rings is 1. The van der Waals surface area contributed by atoms with Crippen molar-refractivity contribution in [3.63, 3.8) is 0 Å². The number of hydrogen-bond acceptors (Lipinski definition) is 3. The van der Waals surface area contributed by atoms with E-state index < -0.39 is 0 Å². The fraction of sp³-hybridized carbons (Fsp3) is 0.545. The van der Waals surface area contributed by atoms with Crippen LogP contribution in [0.15, 0.2) is 21.2 Å². The van der Waals surface area contributed by atoms with Crippen molar-refractivity contribution >= 4 is 31.9 Å². The van der Waals surface area contributed by atoms with E-state index in [0.29, 0.717) is 6.04 Å². The molecule has 3 nitrogen and oxygen atoms in total. The lowest BCUT2D eigenvalue weighted by atomic mass is 10.2. The molecule has 0 amide bonds. The molecule has 0 aliphatic carbocycles. The van der Waals surface area contributed by atoms with Crippen molar-refractivity contribution in [1.29, 1.82) is 0 Å². The molecule has 88 valence electrons. The van der Waals surface area contributed by atoms with Crippen molar-refractivity contribution in [3.8, 4) is 0 Å². The van der Waals surface area contributed by atoms with Crippen LogP contribution in [-0.4, -0.2) is 29.0 Å². The Balaban J connectivity index is 2.08. The minimum Gasteiger partial charge on any atom is -0.329 e. The van der Waals surface area contributed by atoms with E-state index in [9.17, 15) is 0 Å². The average Bonchev–Trinajstić information content (AvgIpc) is 2.69. The zero-order chi connectivity index (χ0) is 11.5. The van der Waals surface area contributed by atoms with Gasteiger partial charge in [0, 0.05) is 34.3 Å². The van der Waals surface area contributed by atoms with E-state index in [0.717, 1.165) is 34.3 Å². The number of rotatable bonds is 3. The Kier molecular flexibility index (Phi) is 4.35. The summed E-state index contributed by atoms with van der Waals surface area (Å²) in [5, 5.41) is 0. The van der Waals surface area contributed by atoms with E-state index in [2.05, 4.69) is 41.7 Å². The second-order valence-corrected chi connectivity index (χ2v) is 5.85. The van der Waals surface area contributed by atoms with Crippen molar-refractivity contribution in [3.05, 3.63) is 26.9 Å². The molecule has 0 spiro atoms. The van der Waals surface area contributed by atoms with Gasteiger partial charge in [-0.05, 0) is 57.3 Å². The van der Waals surface area contributed by atoms with Crippen molar-refractivity contribution in [1.82, 2.24) is 9.88 Å². The lowest BCUT2D eigenvalue weighted by Gasteiger charge is -2.23. The van der Waals surface area contributed by atoms with Gasteiger partial charge in [-0.15, -0.1) is 0 Å². The van der Waals surface area contributed by atoms with Crippen LogP contribution in [0, 0.1) is 0 Å². The molecule has 1 atom stereocenters. The predicted octanol–water partition coefficient (Wildman–Crippen LogP) is 2.53. The Morgan fingerprint density at radius 2 is 2.31 bits per heavy atom. The first-order valence-electron chi connectivity index (χ1n) is 5.44. The van der Waals surface area contributed by atoms with E-state index in [4.69, 9.17) is 5.73 Å². The highest BCUT2D eigenvalue weighted by Gasteiger charge is 2.23. The van der Waals surface area contributed by atoms with Crippen LogP contribution in [0.4, 0.5) is 0 Å². The standard InChI is InChI=1S/C11H15Br2N3/c12-8-4-10(13)11(15-6-8)7-16-3-1-2-9(16)5-14/h4,6,9H,1-3,5,7,14H2. The number of nitrogens with zero attached hydrogens (tertiary/aromatic N) is 2. The summed E-state index contributed by atoms with van der Waals surface area (Å²) >= 11 is 6.95. The molecule has 2 N–H and O–H groups in total. The van der Waals surface area contributed by atoms with Gasteiger partial charge in [0.1, 0.15) is 0 Å². The highest BCUT2D eigenvalue weighted by molar-refractivity contribution is 9.11. The number of likely N-dealkylation sites (tertiary alicyclic amines) is 1. The summed E-state index contributed by atoms with van der Waals surface area (Å²) in [5.74, 6) is 0. The smallest absolute Gasteiger partial charge is 0.0686 e. The van der Waals surface area contributed by atoms with Crippen molar-refractivity contribution < 1.29 is 0 Å². The van der Waals surface area contributed by atoms with E-state index in [1.807, 2.05) is 12.3 Å². The van der Waals surface area contributed by atoms with Crippen LogP contribution >= 0.6 is 31.9 Å². The fourth-order valence-electron chi connectivity index (χ4n) is 2.12. The maximum Gasteiger partial charge on any atom is 0.0686 e. The zero-order valence-corrected chi connectivity index (χ0v) is 12.2. The molecule has 1 aliphatic heterocycles. The Morgan fingerprint density at radius 1 is 1.50 bits per heavy atom. The van der Waals surface area contributed by atoms with Crippen molar-refractivity contribution in [2.24, 2.45) is 5.73 Å². The second kappa shape index (κ2) is 5.58. The van der Waals surface area contributed by atoms with Gasteiger partial charge < -0.3 is 5.73 Å². The SMILES string of the molecule is NCC1CCCN1Cc1ncc(Br)cc1Br. The third kappa shape index (κ3) is 2.83. The molecular weight excluding hydrogens is 334 g/mol.